The van der Waals surface area contributed by atoms with Gasteiger partial charge in [0.05, 0.1) is 6.04 Å². The Bertz CT molecular complexity index is 561. The van der Waals surface area contributed by atoms with Gasteiger partial charge in [-0.25, -0.2) is 9.98 Å². The summed E-state index contributed by atoms with van der Waals surface area (Å²) in [4.78, 5) is 9.07. The van der Waals surface area contributed by atoms with E-state index >= 15 is 0 Å². The molecule has 0 saturated carbocycles. The summed E-state index contributed by atoms with van der Waals surface area (Å²) in [5.41, 5.74) is 1.24. The molecule has 5 heteroatoms. The van der Waals surface area contributed by atoms with Crippen LogP contribution in [0.2, 0.25) is 0 Å². The van der Waals surface area contributed by atoms with Crippen LogP contribution in [0.4, 0.5) is 0 Å². The number of benzene rings is 1. The number of nitrogens with zero attached hydrogens (tertiary/aromatic N) is 2. The number of rotatable bonds is 1. The third kappa shape index (κ3) is 3.17. The number of amidine groups is 2. The summed E-state index contributed by atoms with van der Waals surface area (Å²) in [5.74, 6) is 0. The van der Waals surface area contributed by atoms with Crippen LogP contribution >= 0.6 is 0 Å². The van der Waals surface area contributed by atoms with Crippen molar-refractivity contribution >= 4 is 12.0 Å². The summed E-state index contributed by atoms with van der Waals surface area (Å²) in [7, 11) is 0. The van der Waals surface area contributed by atoms with Crippen LogP contribution in [-0.2, 0) is 9.47 Å². The minimum atomic E-state index is 0.0362. The van der Waals surface area contributed by atoms with Crippen molar-refractivity contribution in [2.45, 2.75) is 32.9 Å². The molecule has 0 spiro atoms. The van der Waals surface area contributed by atoms with E-state index in [1.165, 1.54) is 0 Å². The molecule has 1 aromatic rings. The van der Waals surface area contributed by atoms with Crippen molar-refractivity contribution < 1.29 is 9.47 Å². The average molecular weight is 287 g/mol. The zero-order valence-electron chi connectivity index (χ0n) is 12.7. The molecule has 2 aliphatic heterocycles. The number of aliphatic imine (C=N–C) groups is 2. The molecule has 2 atom stereocenters. The predicted molar refractivity (Wildman–Crippen MR) is 82.3 cm³/mol. The van der Waals surface area contributed by atoms with Gasteiger partial charge in [0.1, 0.15) is 19.3 Å². The zero-order valence-corrected chi connectivity index (χ0v) is 12.7. The number of nitrogens with one attached hydrogen (secondary N) is 1. The molecule has 0 aliphatic carbocycles. The fourth-order valence-electron chi connectivity index (χ4n) is 2.27. The topological polar surface area (TPSA) is 55.2 Å². The fourth-order valence-corrected chi connectivity index (χ4v) is 2.27. The molecule has 0 unspecified atom stereocenters. The van der Waals surface area contributed by atoms with Crippen molar-refractivity contribution in [3.63, 3.8) is 0 Å². The highest BCUT2D eigenvalue weighted by Crippen LogP contribution is 2.26. The van der Waals surface area contributed by atoms with Gasteiger partial charge in [0.2, 0.25) is 0 Å². The fraction of sp³-hybridized carbons (Fsp3) is 0.500. The largest absolute Gasteiger partial charge is 0.463 e. The van der Waals surface area contributed by atoms with E-state index in [4.69, 9.17) is 9.47 Å². The highest BCUT2D eigenvalue weighted by molar-refractivity contribution is 5.94. The maximum atomic E-state index is 5.58. The molecule has 21 heavy (non-hydrogen) atoms. The van der Waals surface area contributed by atoms with Gasteiger partial charge >= 0.3 is 0 Å². The molecule has 0 aromatic heterocycles. The van der Waals surface area contributed by atoms with Crippen molar-refractivity contribution in [2.24, 2.45) is 15.4 Å². The Morgan fingerprint density at radius 3 is 2.33 bits per heavy atom. The highest BCUT2D eigenvalue weighted by Gasteiger charge is 2.31. The zero-order chi connectivity index (χ0) is 14.9. The number of hydrogen-bond donors (Lipinski definition) is 1. The summed E-state index contributed by atoms with van der Waals surface area (Å²) in [6, 6.07) is 11.3. The molecule has 1 N–H and O–H groups in total. The first-order valence-electron chi connectivity index (χ1n) is 7.25. The van der Waals surface area contributed by atoms with E-state index in [9.17, 15) is 0 Å². The van der Waals surface area contributed by atoms with Crippen molar-refractivity contribution in [2.75, 3.05) is 13.2 Å². The van der Waals surface area contributed by atoms with Gasteiger partial charge in [0.15, 0.2) is 0 Å². The molecule has 1 aromatic carbocycles. The Balaban J connectivity index is 1.65. The maximum Gasteiger partial charge on any atom is 0.293 e. The first kappa shape index (κ1) is 13.9. The third-order valence-electron chi connectivity index (χ3n) is 3.70. The standard InChI is InChI=1S/C16H21N3O2/c1-16(2,3)13-10-21-15(18-13)19-14-17-12(9-20-14)11-7-5-4-6-8-11/h4-8,12-13H,9-10H2,1-3H3,(H,17,18,19)/t12-,13-/m1/s1. The van der Waals surface area contributed by atoms with Gasteiger partial charge in [-0.3, -0.25) is 5.32 Å². The molecule has 0 saturated heterocycles. The molecule has 112 valence electrons. The summed E-state index contributed by atoms with van der Waals surface area (Å²) in [6.07, 6.45) is 0. The van der Waals surface area contributed by atoms with Gasteiger partial charge < -0.3 is 9.47 Å². The van der Waals surface area contributed by atoms with Crippen molar-refractivity contribution in [1.82, 2.24) is 5.32 Å². The first-order chi connectivity index (χ1) is 10.0. The van der Waals surface area contributed by atoms with Crippen LogP contribution in [0.1, 0.15) is 32.4 Å². The smallest absolute Gasteiger partial charge is 0.293 e. The molecule has 2 heterocycles. The Labute approximate surface area is 125 Å². The van der Waals surface area contributed by atoms with Crippen molar-refractivity contribution in [1.29, 1.82) is 0 Å². The van der Waals surface area contributed by atoms with Crippen molar-refractivity contribution in [3.8, 4) is 0 Å². The number of hydrogen-bond acceptors (Lipinski definition) is 5. The van der Waals surface area contributed by atoms with Gasteiger partial charge in [-0.2, -0.15) is 0 Å². The molecule has 5 nitrogen and oxygen atoms in total. The first-order valence-corrected chi connectivity index (χ1v) is 7.25. The van der Waals surface area contributed by atoms with Gasteiger partial charge in [-0.15, -0.1) is 0 Å². The summed E-state index contributed by atoms with van der Waals surface area (Å²) < 4.78 is 11.2. The maximum absolute atomic E-state index is 5.58. The lowest BCUT2D eigenvalue weighted by molar-refractivity contribution is 0.231. The quantitative estimate of drug-likeness (QED) is 0.863. The SMILES string of the molecule is CC(C)(C)[C@H]1COC(NC2=N[C@@H](c3ccccc3)CO2)=N1. The highest BCUT2D eigenvalue weighted by atomic mass is 16.5. The van der Waals surface area contributed by atoms with Crippen LogP contribution in [0.3, 0.4) is 0 Å². The predicted octanol–water partition coefficient (Wildman–Crippen LogP) is 2.50. The van der Waals surface area contributed by atoms with E-state index < -0.39 is 0 Å². The normalized spacial score (nSPS) is 24.9. The van der Waals surface area contributed by atoms with E-state index in [0.29, 0.717) is 25.3 Å². The summed E-state index contributed by atoms with van der Waals surface area (Å²) in [5, 5.41) is 3.04. The second-order valence-corrected chi connectivity index (χ2v) is 6.42. The lowest BCUT2D eigenvalue weighted by atomic mass is 9.88. The lowest BCUT2D eigenvalue weighted by Crippen LogP contribution is -2.30. The molecule has 2 aliphatic rings. The minimum absolute atomic E-state index is 0.0362. The summed E-state index contributed by atoms with van der Waals surface area (Å²) in [6.45, 7) is 7.61. The van der Waals surface area contributed by atoms with Gasteiger partial charge in [0, 0.05) is 0 Å². The Hall–Kier alpha value is -2.04. The molecular weight excluding hydrogens is 266 g/mol. The van der Waals surface area contributed by atoms with Gasteiger partial charge in [0.25, 0.3) is 12.0 Å². The summed E-state index contributed by atoms with van der Waals surface area (Å²) >= 11 is 0. The van der Waals surface area contributed by atoms with E-state index in [2.05, 4.69) is 48.2 Å². The number of ether oxygens (including phenoxy) is 2. The van der Waals surface area contributed by atoms with E-state index in [0.717, 1.165) is 5.56 Å². The lowest BCUT2D eigenvalue weighted by Gasteiger charge is -2.21. The Kier molecular flexibility index (Phi) is 3.57. The average Bonchev–Trinajstić information content (AvgIpc) is 3.09. The molecule has 3 rings (SSSR count). The minimum Gasteiger partial charge on any atom is -0.463 e. The second-order valence-electron chi connectivity index (χ2n) is 6.42. The molecule has 0 bridgehead atoms. The Morgan fingerprint density at radius 2 is 1.67 bits per heavy atom. The monoisotopic (exact) mass is 287 g/mol. The van der Waals surface area contributed by atoms with Crippen LogP contribution in [-0.4, -0.2) is 31.3 Å². The Morgan fingerprint density at radius 1 is 1.00 bits per heavy atom. The molecule has 0 radical (unpaired) electrons. The second kappa shape index (κ2) is 5.39. The van der Waals surface area contributed by atoms with Gasteiger partial charge in [-0.05, 0) is 11.0 Å². The van der Waals surface area contributed by atoms with Crippen LogP contribution in [0.15, 0.2) is 40.3 Å². The van der Waals surface area contributed by atoms with Crippen molar-refractivity contribution in [3.05, 3.63) is 35.9 Å². The van der Waals surface area contributed by atoms with Crippen LogP contribution in [0.5, 0.6) is 0 Å². The van der Waals surface area contributed by atoms with Crippen LogP contribution < -0.4 is 5.32 Å². The van der Waals surface area contributed by atoms with Crippen LogP contribution in [0.25, 0.3) is 0 Å². The third-order valence-corrected chi connectivity index (χ3v) is 3.70. The van der Waals surface area contributed by atoms with Gasteiger partial charge in [-0.1, -0.05) is 51.1 Å². The van der Waals surface area contributed by atoms with E-state index in [1.807, 2.05) is 18.2 Å². The molecule has 0 amide bonds. The molecular formula is C16H21N3O2. The van der Waals surface area contributed by atoms with E-state index in [1.54, 1.807) is 0 Å². The van der Waals surface area contributed by atoms with Crippen LogP contribution in [0, 0.1) is 5.41 Å². The van der Waals surface area contributed by atoms with E-state index in [-0.39, 0.29) is 17.5 Å². The molecule has 0 fully saturated rings.